The lowest BCUT2D eigenvalue weighted by Crippen LogP contribution is -1.88. The molecule has 0 radical (unpaired) electrons. The number of ether oxygens (including phenoxy) is 1. The highest BCUT2D eigenvalue weighted by atomic mass is 16.5. The van der Waals surface area contributed by atoms with Crippen molar-refractivity contribution in [2.75, 3.05) is 0 Å². The number of carboxylic acid groups (broad SMARTS) is 1. The Hall–Kier alpha value is -2.55. The Morgan fingerprint density at radius 1 is 1.05 bits per heavy atom. The minimum absolute atomic E-state index is 0.683. The van der Waals surface area contributed by atoms with Crippen LogP contribution in [-0.4, -0.2) is 11.1 Å². The van der Waals surface area contributed by atoms with Gasteiger partial charge in [0.15, 0.2) is 0 Å². The molecule has 0 aliphatic carbocycles. The molecule has 2 rings (SSSR count). The molecule has 1 N–H and O–H groups in total. The van der Waals surface area contributed by atoms with Gasteiger partial charge >= 0.3 is 5.97 Å². The van der Waals surface area contributed by atoms with Crippen molar-refractivity contribution in [2.45, 2.75) is 13.8 Å². The average molecular weight is 268 g/mol. The van der Waals surface area contributed by atoms with Gasteiger partial charge < -0.3 is 9.84 Å². The molecular formula is C17H16O3. The summed E-state index contributed by atoms with van der Waals surface area (Å²) in [5.41, 5.74) is 3.07. The minimum Gasteiger partial charge on any atom is -0.478 e. The molecule has 0 unspecified atom stereocenters. The van der Waals surface area contributed by atoms with Gasteiger partial charge in [-0.05, 0) is 60.9 Å². The summed E-state index contributed by atoms with van der Waals surface area (Å²) in [4.78, 5) is 10.5. The van der Waals surface area contributed by atoms with Gasteiger partial charge in [0.1, 0.15) is 11.5 Å². The summed E-state index contributed by atoms with van der Waals surface area (Å²) < 4.78 is 5.81. The summed E-state index contributed by atoms with van der Waals surface area (Å²) in [6.45, 7) is 4.04. The van der Waals surface area contributed by atoms with E-state index in [0.717, 1.165) is 28.5 Å². The quantitative estimate of drug-likeness (QED) is 0.845. The van der Waals surface area contributed by atoms with Crippen LogP contribution in [0.1, 0.15) is 16.7 Å². The molecule has 2 aromatic carbocycles. The summed E-state index contributed by atoms with van der Waals surface area (Å²) >= 11 is 0. The van der Waals surface area contributed by atoms with Crippen molar-refractivity contribution in [3.63, 3.8) is 0 Å². The minimum atomic E-state index is -0.967. The molecule has 102 valence electrons. The fraction of sp³-hybridized carbons (Fsp3) is 0.118. The van der Waals surface area contributed by atoms with E-state index in [4.69, 9.17) is 9.84 Å². The first-order chi connectivity index (χ1) is 9.52. The first-order valence-electron chi connectivity index (χ1n) is 6.30. The van der Waals surface area contributed by atoms with Crippen LogP contribution in [0.4, 0.5) is 0 Å². The Balaban J connectivity index is 2.21. The van der Waals surface area contributed by atoms with Crippen LogP contribution in [0.3, 0.4) is 0 Å². The number of benzene rings is 2. The second-order valence-corrected chi connectivity index (χ2v) is 4.67. The van der Waals surface area contributed by atoms with E-state index in [2.05, 4.69) is 6.07 Å². The van der Waals surface area contributed by atoms with Crippen molar-refractivity contribution in [1.29, 1.82) is 0 Å². The molecule has 0 bridgehead atoms. The maximum Gasteiger partial charge on any atom is 0.328 e. The van der Waals surface area contributed by atoms with Gasteiger partial charge in [-0.15, -0.1) is 0 Å². The van der Waals surface area contributed by atoms with Crippen LogP contribution in [-0.2, 0) is 4.79 Å². The number of carboxylic acids is 1. The van der Waals surface area contributed by atoms with Gasteiger partial charge in [0.05, 0.1) is 0 Å². The third-order valence-electron chi connectivity index (χ3n) is 2.71. The van der Waals surface area contributed by atoms with Crippen LogP contribution in [0.15, 0.2) is 48.5 Å². The average Bonchev–Trinajstić information content (AvgIpc) is 2.35. The second-order valence-electron chi connectivity index (χ2n) is 4.67. The molecule has 0 fully saturated rings. The van der Waals surface area contributed by atoms with Crippen LogP contribution in [0.2, 0.25) is 0 Å². The number of hydrogen-bond donors (Lipinski definition) is 1. The van der Waals surface area contributed by atoms with E-state index in [9.17, 15) is 4.79 Å². The van der Waals surface area contributed by atoms with Crippen LogP contribution in [0.25, 0.3) is 6.08 Å². The van der Waals surface area contributed by atoms with E-state index in [0.29, 0.717) is 5.75 Å². The van der Waals surface area contributed by atoms with Gasteiger partial charge in [-0.3, -0.25) is 0 Å². The number of hydrogen-bond acceptors (Lipinski definition) is 2. The summed E-state index contributed by atoms with van der Waals surface area (Å²) in [6, 6.07) is 13.3. The number of rotatable bonds is 4. The van der Waals surface area contributed by atoms with Crippen LogP contribution in [0.5, 0.6) is 11.5 Å². The highest BCUT2D eigenvalue weighted by Crippen LogP contribution is 2.24. The van der Waals surface area contributed by atoms with Gasteiger partial charge in [-0.2, -0.15) is 0 Å². The van der Waals surface area contributed by atoms with Crippen molar-refractivity contribution >= 4 is 12.0 Å². The molecule has 0 spiro atoms. The predicted molar refractivity (Wildman–Crippen MR) is 79.1 cm³/mol. The molecule has 3 nitrogen and oxygen atoms in total. The number of aryl methyl sites for hydroxylation is 2. The molecular weight excluding hydrogens is 252 g/mol. The molecule has 0 amide bonds. The van der Waals surface area contributed by atoms with Crippen molar-refractivity contribution < 1.29 is 14.6 Å². The van der Waals surface area contributed by atoms with Gasteiger partial charge in [0, 0.05) is 6.08 Å². The SMILES string of the molecule is Cc1cc(C)cc(Oc2cccc(C=CC(=O)O)c2)c1. The lowest BCUT2D eigenvalue weighted by molar-refractivity contribution is -0.131. The molecule has 0 saturated carbocycles. The summed E-state index contributed by atoms with van der Waals surface area (Å²) in [5, 5.41) is 8.62. The molecule has 3 heteroatoms. The third-order valence-corrected chi connectivity index (χ3v) is 2.71. The molecule has 0 aromatic heterocycles. The molecule has 0 heterocycles. The maximum atomic E-state index is 10.5. The first-order valence-corrected chi connectivity index (χ1v) is 6.30. The van der Waals surface area contributed by atoms with Crippen molar-refractivity contribution in [3.05, 3.63) is 65.2 Å². The molecule has 0 atom stereocenters. The van der Waals surface area contributed by atoms with E-state index in [1.54, 1.807) is 6.07 Å². The van der Waals surface area contributed by atoms with E-state index in [1.165, 1.54) is 6.08 Å². The zero-order valence-electron chi connectivity index (χ0n) is 11.5. The fourth-order valence-corrected chi connectivity index (χ4v) is 1.98. The predicted octanol–water partition coefficient (Wildman–Crippen LogP) is 4.19. The molecule has 0 aliphatic heterocycles. The summed E-state index contributed by atoms with van der Waals surface area (Å²) in [5.74, 6) is 0.495. The molecule has 2 aromatic rings. The third kappa shape index (κ3) is 3.99. The topological polar surface area (TPSA) is 46.5 Å². The van der Waals surface area contributed by atoms with Gasteiger partial charge in [0.25, 0.3) is 0 Å². The Kier molecular flexibility index (Phi) is 4.20. The van der Waals surface area contributed by atoms with Crippen LogP contribution in [0, 0.1) is 13.8 Å². The molecule has 0 aliphatic rings. The Morgan fingerprint density at radius 2 is 1.75 bits per heavy atom. The van der Waals surface area contributed by atoms with Crippen molar-refractivity contribution in [3.8, 4) is 11.5 Å². The largest absolute Gasteiger partial charge is 0.478 e. The van der Waals surface area contributed by atoms with E-state index in [-0.39, 0.29) is 0 Å². The lowest BCUT2D eigenvalue weighted by Gasteiger charge is -2.08. The van der Waals surface area contributed by atoms with Gasteiger partial charge in [0.2, 0.25) is 0 Å². The standard InChI is InChI=1S/C17H16O3/c1-12-8-13(2)10-16(9-12)20-15-5-3-4-14(11-15)6-7-17(18)19/h3-11H,1-2H3,(H,18,19). The normalized spacial score (nSPS) is 10.7. The number of carbonyl (C=O) groups is 1. The highest BCUT2D eigenvalue weighted by molar-refractivity contribution is 5.85. The molecule has 0 saturated heterocycles. The van der Waals surface area contributed by atoms with Crippen LogP contribution >= 0.6 is 0 Å². The second kappa shape index (κ2) is 6.06. The van der Waals surface area contributed by atoms with E-state index >= 15 is 0 Å². The smallest absolute Gasteiger partial charge is 0.328 e. The Bertz CT molecular complexity index is 637. The Labute approximate surface area is 118 Å². The van der Waals surface area contributed by atoms with E-state index in [1.807, 2.05) is 44.2 Å². The monoisotopic (exact) mass is 268 g/mol. The summed E-state index contributed by atoms with van der Waals surface area (Å²) in [7, 11) is 0. The number of aliphatic carboxylic acids is 1. The summed E-state index contributed by atoms with van der Waals surface area (Å²) in [6.07, 6.45) is 2.65. The lowest BCUT2D eigenvalue weighted by atomic mass is 10.1. The molecule has 20 heavy (non-hydrogen) atoms. The Morgan fingerprint density at radius 3 is 2.40 bits per heavy atom. The highest BCUT2D eigenvalue weighted by Gasteiger charge is 2.00. The maximum absolute atomic E-state index is 10.5. The van der Waals surface area contributed by atoms with E-state index < -0.39 is 5.97 Å². The fourth-order valence-electron chi connectivity index (χ4n) is 1.98. The zero-order chi connectivity index (χ0) is 14.5. The zero-order valence-corrected chi connectivity index (χ0v) is 11.5. The first kappa shape index (κ1) is 13.9. The van der Waals surface area contributed by atoms with Crippen LogP contribution < -0.4 is 4.74 Å². The van der Waals surface area contributed by atoms with Crippen molar-refractivity contribution in [2.24, 2.45) is 0 Å². The van der Waals surface area contributed by atoms with Gasteiger partial charge in [-0.1, -0.05) is 18.2 Å². The van der Waals surface area contributed by atoms with Gasteiger partial charge in [-0.25, -0.2) is 4.79 Å². The van der Waals surface area contributed by atoms with Crippen molar-refractivity contribution in [1.82, 2.24) is 0 Å².